The Labute approximate surface area is 165 Å². The molecule has 28 heavy (non-hydrogen) atoms. The number of nitrogens with one attached hydrogen (secondary N) is 1. The van der Waals surface area contributed by atoms with E-state index in [0.29, 0.717) is 17.8 Å². The third-order valence-electron chi connectivity index (χ3n) is 5.27. The molecule has 1 aliphatic rings. The SMILES string of the molecule is CCc1cccc(CC)c1N1C[C@H](C(=O)Nc2cccc(C(C)=O)c2)CC1=O. The maximum absolute atomic E-state index is 12.8. The Morgan fingerprint density at radius 2 is 1.71 bits per heavy atom. The fraction of sp³-hybridized carbons (Fsp3) is 0.348. The van der Waals surface area contributed by atoms with Gasteiger partial charge in [-0.3, -0.25) is 14.4 Å². The van der Waals surface area contributed by atoms with Crippen molar-refractivity contribution in [1.29, 1.82) is 0 Å². The van der Waals surface area contributed by atoms with Crippen LogP contribution < -0.4 is 10.2 Å². The van der Waals surface area contributed by atoms with Crippen molar-refractivity contribution in [3.8, 4) is 0 Å². The molecule has 1 heterocycles. The number of carbonyl (C=O) groups excluding carboxylic acids is 3. The lowest BCUT2D eigenvalue weighted by Crippen LogP contribution is -2.29. The third kappa shape index (κ3) is 3.98. The van der Waals surface area contributed by atoms with E-state index in [4.69, 9.17) is 0 Å². The molecule has 0 spiro atoms. The predicted octanol–water partition coefficient (Wildman–Crippen LogP) is 4.01. The fourth-order valence-corrected chi connectivity index (χ4v) is 3.72. The highest BCUT2D eigenvalue weighted by molar-refractivity contribution is 6.04. The van der Waals surface area contributed by atoms with Gasteiger partial charge in [0.1, 0.15) is 0 Å². The summed E-state index contributed by atoms with van der Waals surface area (Å²) in [6.07, 6.45) is 1.86. The zero-order valence-electron chi connectivity index (χ0n) is 16.6. The van der Waals surface area contributed by atoms with E-state index in [2.05, 4.69) is 19.2 Å². The van der Waals surface area contributed by atoms with Crippen LogP contribution in [0.4, 0.5) is 11.4 Å². The normalized spacial score (nSPS) is 16.3. The maximum Gasteiger partial charge on any atom is 0.229 e. The number of nitrogens with zero attached hydrogens (tertiary/aromatic N) is 1. The first-order valence-electron chi connectivity index (χ1n) is 9.77. The van der Waals surface area contributed by atoms with E-state index in [1.807, 2.05) is 18.2 Å². The summed E-state index contributed by atoms with van der Waals surface area (Å²) in [6.45, 7) is 6.02. The third-order valence-corrected chi connectivity index (χ3v) is 5.27. The molecule has 146 valence electrons. The standard InChI is InChI=1S/C23H26N2O3/c1-4-16-8-6-9-17(5-2)22(16)25-14-19(13-21(25)27)23(28)24-20-11-7-10-18(12-20)15(3)26/h6-12,19H,4-5,13-14H2,1-3H3,(H,24,28)/t19-/m1/s1. The van der Waals surface area contributed by atoms with Crippen LogP contribution in [0.1, 0.15) is 48.7 Å². The van der Waals surface area contributed by atoms with Gasteiger partial charge in [-0.1, -0.05) is 44.2 Å². The molecule has 0 unspecified atom stereocenters. The summed E-state index contributed by atoms with van der Waals surface area (Å²) in [5, 5.41) is 2.86. The van der Waals surface area contributed by atoms with E-state index in [0.717, 1.165) is 29.7 Å². The summed E-state index contributed by atoms with van der Waals surface area (Å²) in [7, 11) is 0. The number of hydrogen-bond acceptors (Lipinski definition) is 3. The highest BCUT2D eigenvalue weighted by atomic mass is 16.2. The molecule has 3 rings (SSSR count). The summed E-state index contributed by atoms with van der Waals surface area (Å²) in [5.74, 6) is -0.679. The zero-order chi connectivity index (χ0) is 20.3. The molecule has 5 nitrogen and oxygen atoms in total. The summed E-state index contributed by atoms with van der Waals surface area (Å²) < 4.78 is 0. The maximum atomic E-state index is 12.8. The average molecular weight is 378 g/mol. The van der Waals surface area contributed by atoms with Crippen LogP contribution in [-0.2, 0) is 22.4 Å². The van der Waals surface area contributed by atoms with Crippen LogP contribution in [0.3, 0.4) is 0 Å². The second kappa shape index (κ2) is 8.38. The van der Waals surface area contributed by atoms with E-state index >= 15 is 0 Å². The number of rotatable bonds is 6. The number of amides is 2. The van der Waals surface area contributed by atoms with E-state index in [9.17, 15) is 14.4 Å². The minimum Gasteiger partial charge on any atom is -0.326 e. The van der Waals surface area contributed by atoms with Crippen molar-refractivity contribution in [3.05, 3.63) is 59.2 Å². The van der Waals surface area contributed by atoms with Crippen molar-refractivity contribution in [2.75, 3.05) is 16.8 Å². The lowest BCUT2D eigenvalue weighted by atomic mass is 10.0. The first-order chi connectivity index (χ1) is 13.4. The lowest BCUT2D eigenvalue weighted by Gasteiger charge is -2.23. The van der Waals surface area contributed by atoms with Crippen LogP contribution in [0.2, 0.25) is 0 Å². The van der Waals surface area contributed by atoms with Crippen molar-refractivity contribution in [2.24, 2.45) is 5.92 Å². The Hall–Kier alpha value is -2.95. The number of para-hydroxylation sites is 1. The van der Waals surface area contributed by atoms with Crippen molar-refractivity contribution in [2.45, 2.75) is 40.0 Å². The van der Waals surface area contributed by atoms with Crippen molar-refractivity contribution in [1.82, 2.24) is 0 Å². The van der Waals surface area contributed by atoms with Gasteiger partial charge in [0.05, 0.1) is 5.92 Å². The van der Waals surface area contributed by atoms with Gasteiger partial charge in [0, 0.05) is 29.9 Å². The molecule has 0 bridgehead atoms. The molecule has 1 saturated heterocycles. The van der Waals surface area contributed by atoms with Gasteiger partial charge >= 0.3 is 0 Å². The second-order valence-electron chi connectivity index (χ2n) is 7.16. The Kier molecular flexibility index (Phi) is 5.93. The molecular weight excluding hydrogens is 352 g/mol. The topological polar surface area (TPSA) is 66.5 Å². The number of anilines is 2. The molecular formula is C23H26N2O3. The minimum atomic E-state index is -0.414. The largest absolute Gasteiger partial charge is 0.326 e. The smallest absolute Gasteiger partial charge is 0.229 e. The minimum absolute atomic E-state index is 0.0202. The van der Waals surface area contributed by atoms with Gasteiger partial charge < -0.3 is 10.2 Å². The first kappa shape index (κ1) is 19.8. The Bertz CT molecular complexity index is 898. The van der Waals surface area contributed by atoms with Gasteiger partial charge in [0.2, 0.25) is 11.8 Å². The lowest BCUT2D eigenvalue weighted by molar-refractivity contribution is -0.122. The molecule has 2 aromatic rings. The van der Waals surface area contributed by atoms with Gasteiger partial charge in [-0.25, -0.2) is 0 Å². The molecule has 1 N–H and O–H groups in total. The highest BCUT2D eigenvalue weighted by Crippen LogP contribution is 2.32. The second-order valence-corrected chi connectivity index (χ2v) is 7.16. The Morgan fingerprint density at radius 1 is 1.07 bits per heavy atom. The first-order valence-corrected chi connectivity index (χ1v) is 9.77. The number of ketones is 1. The fourth-order valence-electron chi connectivity index (χ4n) is 3.72. The number of hydrogen-bond donors (Lipinski definition) is 1. The van der Waals surface area contributed by atoms with Gasteiger partial charge in [-0.15, -0.1) is 0 Å². The van der Waals surface area contributed by atoms with E-state index < -0.39 is 5.92 Å². The van der Waals surface area contributed by atoms with Crippen molar-refractivity contribution >= 4 is 29.0 Å². The van der Waals surface area contributed by atoms with Crippen LogP contribution in [-0.4, -0.2) is 24.1 Å². The number of aryl methyl sites for hydroxylation is 2. The quantitative estimate of drug-likeness (QED) is 0.773. The summed E-state index contributed by atoms with van der Waals surface area (Å²) >= 11 is 0. The number of Topliss-reactive ketones (excluding diaryl/α,β-unsaturated/α-hetero) is 1. The number of carbonyl (C=O) groups is 3. The molecule has 0 aliphatic carbocycles. The molecule has 1 atom stereocenters. The predicted molar refractivity (Wildman–Crippen MR) is 111 cm³/mol. The van der Waals surface area contributed by atoms with Crippen LogP contribution in [0, 0.1) is 5.92 Å². The molecule has 0 saturated carbocycles. The van der Waals surface area contributed by atoms with E-state index in [-0.39, 0.29) is 24.0 Å². The Morgan fingerprint density at radius 3 is 2.32 bits per heavy atom. The van der Waals surface area contributed by atoms with Crippen molar-refractivity contribution in [3.63, 3.8) is 0 Å². The summed E-state index contributed by atoms with van der Waals surface area (Å²) in [6, 6.07) is 13.0. The van der Waals surface area contributed by atoms with E-state index in [1.54, 1.807) is 29.2 Å². The van der Waals surface area contributed by atoms with Crippen molar-refractivity contribution < 1.29 is 14.4 Å². The van der Waals surface area contributed by atoms with Crippen LogP contribution >= 0.6 is 0 Å². The summed E-state index contributed by atoms with van der Waals surface area (Å²) in [4.78, 5) is 38.8. The summed E-state index contributed by atoms with van der Waals surface area (Å²) in [5.41, 5.74) is 4.34. The van der Waals surface area contributed by atoms with Gasteiger partial charge in [0.25, 0.3) is 0 Å². The average Bonchev–Trinajstić information content (AvgIpc) is 3.08. The molecule has 2 aromatic carbocycles. The number of benzene rings is 2. The molecule has 1 aliphatic heterocycles. The van der Waals surface area contributed by atoms with Crippen LogP contribution in [0.25, 0.3) is 0 Å². The van der Waals surface area contributed by atoms with Gasteiger partial charge in [0.15, 0.2) is 5.78 Å². The molecule has 1 fully saturated rings. The Balaban J connectivity index is 1.79. The molecule has 5 heteroatoms. The van der Waals surface area contributed by atoms with Crippen LogP contribution in [0.15, 0.2) is 42.5 Å². The zero-order valence-corrected chi connectivity index (χ0v) is 16.6. The monoisotopic (exact) mass is 378 g/mol. The molecule has 0 radical (unpaired) electrons. The van der Waals surface area contributed by atoms with Crippen LogP contribution in [0.5, 0.6) is 0 Å². The van der Waals surface area contributed by atoms with Gasteiger partial charge in [-0.2, -0.15) is 0 Å². The molecule has 2 amide bonds. The highest BCUT2D eigenvalue weighted by Gasteiger charge is 2.36. The molecule has 0 aromatic heterocycles. The van der Waals surface area contributed by atoms with E-state index in [1.165, 1.54) is 6.92 Å². The van der Waals surface area contributed by atoms with Gasteiger partial charge in [-0.05, 0) is 43.0 Å².